The number of amides is 2. The summed E-state index contributed by atoms with van der Waals surface area (Å²) < 4.78 is 6.70. The number of carbonyl (C=O) groups is 2. The molecule has 0 bridgehead atoms. The van der Waals surface area contributed by atoms with Gasteiger partial charge < -0.3 is 15.0 Å². The van der Waals surface area contributed by atoms with Crippen LogP contribution in [0.5, 0.6) is 5.75 Å². The highest BCUT2D eigenvalue weighted by molar-refractivity contribution is 7.20. The predicted molar refractivity (Wildman–Crippen MR) is 134 cm³/mol. The van der Waals surface area contributed by atoms with Crippen molar-refractivity contribution in [2.75, 3.05) is 25.5 Å². The number of methoxy groups -OCH3 is 1. The number of ether oxygens (including phenoxy) is 1. The quantitative estimate of drug-likeness (QED) is 0.596. The van der Waals surface area contributed by atoms with E-state index >= 15 is 0 Å². The van der Waals surface area contributed by atoms with Crippen LogP contribution in [0.4, 0.5) is 5.69 Å². The van der Waals surface area contributed by atoms with E-state index in [9.17, 15) is 14.4 Å². The molecule has 3 aromatic rings. The van der Waals surface area contributed by atoms with E-state index in [1.807, 2.05) is 24.0 Å². The molecule has 0 saturated carbocycles. The number of carbonyl (C=O) groups excluding carboxylic acids is 2. The molecule has 4 rings (SSSR count). The number of aryl methyl sites for hydroxylation is 2. The van der Waals surface area contributed by atoms with Gasteiger partial charge in [0.05, 0.1) is 29.4 Å². The molecule has 0 radical (unpaired) electrons. The first kappa shape index (κ1) is 23.9. The van der Waals surface area contributed by atoms with Crippen LogP contribution in [0.25, 0.3) is 10.2 Å². The summed E-state index contributed by atoms with van der Waals surface area (Å²) in [7, 11) is 1.55. The number of thiophene rings is 1. The number of piperidine rings is 1. The summed E-state index contributed by atoms with van der Waals surface area (Å²) >= 11 is 1.17. The topological polar surface area (TPSA) is 93.5 Å². The normalized spacial score (nSPS) is 18.2. The molecule has 2 unspecified atom stereocenters. The fourth-order valence-electron chi connectivity index (χ4n) is 4.70. The number of rotatable bonds is 5. The minimum Gasteiger partial charge on any atom is -0.495 e. The van der Waals surface area contributed by atoms with Crippen LogP contribution < -0.4 is 15.6 Å². The monoisotopic (exact) mass is 482 g/mol. The van der Waals surface area contributed by atoms with Crippen molar-refractivity contribution in [3.05, 3.63) is 50.9 Å². The summed E-state index contributed by atoms with van der Waals surface area (Å²) in [5.74, 6) is 1.02. The molecule has 34 heavy (non-hydrogen) atoms. The molecule has 9 heteroatoms. The Kier molecular flexibility index (Phi) is 6.74. The van der Waals surface area contributed by atoms with Gasteiger partial charge in [-0.25, -0.2) is 4.98 Å². The number of nitrogens with one attached hydrogen (secondary N) is 1. The second-order valence-corrected chi connectivity index (χ2v) is 10.3. The summed E-state index contributed by atoms with van der Waals surface area (Å²) in [6, 6.07) is 5.53. The van der Waals surface area contributed by atoms with Crippen LogP contribution in [0, 0.1) is 25.7 Å². The second-order valence-electron chi connectivity index (χ2n) is 9.32. The molecular formula is C25H30N4O4S. The maximum Gasteiger partial charge on any atom is 0.266 e. The minimum absolute atomic E-state index is 0.0570. The number of fused-ring (bicyclic) bond motifs is 1. The zero-order valence-corrected chi connectivity index (χ0v) is 21.0. The van der Waals surface area contributed by atoms with E-state index in [1.165, 1.54) is 22.2 Å². The molecule has 1 saturated heterocycles. The maximum absolute atomic E-state index is 13.2. The number of benzene rings is 1. The van der Waals surface area contributed by atoms with Crippen LogP contribution in [0.15, 0.2) is 29.3 Å². The third-order valence-corrected chi connectivity index (χ3v) is 7.45. The largest absolute Gasteiger partial charge is 0.495 e. The lowest BCUT2D eigenvalue weighted by Crippen LogP contribution is -2.44. The molecular weight excluding hydrogens is 452 g/mol. The number of hydrogen-bond donors (Lipinski definition) is 1. The Morgan fingerprint density at radius 2 is 1.91 bits per heavy atom. The highest BCUT2D eigenvalue weighted by atomic mass is 32.1. The second kappa shape index (κ2) is 9.58. The molecule has 2 atom stereocenters. The molecule has 0 aliphatic carbocycles. The van der Waals surface area contributed by atoms with Crippen molar-refractivity contribution in [2.45, 2.75) is 40.7 Å². The minimum atomic E-state index is -0.331. The van der Waals surface area contributed by atoms with Gasteiger partial charge in [-0.15, -0.1) is 11.3 Å². The van der Waals surface area contributed by atoms with E-state index in [4.69, 9.17) is 4.74 Å². The number of aromatic nitrogens is 2. The fraction of sp³-hybridized carbons (Fsp3) is 0.440. The van der Waals surface area contributed by atoms with Crippen molar-refractivity contribution in [1.82, 2.24) is 14.5 Å². The third-order valence-electron chi connectivity index (χ3n) is 6.25. The molecule has 8 nitrogen and oxygen atoms in total. The summed E-state index contributed by atoms with van der Waals surface area (Å²) in [6.45, 7) is 9.31. The van der Waals surface area contributed by atoms with Gasteiger partial charge in [-0.05, 0) is 55.4 Å². The molecule has 180 valence electrons. The zero-order valence-electron chi connectivity index (χ0n) is 20.2. The van der Waals surface area contributed by atoms with Crippen molar-refractivity contribution >= 4 is 39.1 Å². The molecule has 1 fully saturated rings. The molecule has 1 N–H and O–H groups in total. The van der Waals surface area contributed by atoms with Crippen LogP contribution in [0.3, 0.4) is 0 Å². The molecule has 1 aliphatic rings. The average molecular weight is 483 g/mol. The first-order chi connectivity index (χ1) is 16.2. The van der Waals surface area contributed by atoms with Gasteiger partial charge in [0.2, 0.25) is 5.91 Å². The van der Waals surface area contributed by atoms with E-state index < -0.39 is 0 Å². The molecule has 2 aromatic heterocycles. The van der Waals surface area contributed by atoms with Gasteiger partial charge in [0, 0.05) is 13.1 Å². The van der Waals surface area contributed by atoms with Gasteiger partial charge >= 0.3 is 0 Å². The van der Waals surface area contributed by atoms with Crippen molar-refractivity contribution in [2.24, 2.45) is 11.8 Å². The van der Waals surface area contributed by atoms with Crippen LogP contribution in [0.2, 0.25) is 0 Å². The van der Waals surface area contributed by atoms with Crippen molar-refractivity contribution < 1.29 is 14.3 Å². The van der Waals surface area contributed by atoms with Gasteiger partial charge in [-0.2, -0.15) is 0 Å². The molecule has 1 aliphatic heterocycles. The van der Waals surface area contributed by atoms with E-state index in [1.54, 1.807) is 20.1 Å². The first-order valence-electron chi connectivity index (χ1n) is 11.4. The third kappa shape index (κ3) is 4.70. The lowest BCUT2D eigenvalue weighted by Gasteiger charge is -2.35. The summed E-state index contributed by atoms with van der Waals surface area (Å²) in [5.41, 5.74) is 1.79. The van der Waals surface area contributed by atoms with Gasteiger partial charge in [-0.1, -0.05) is 19.9 Å². The highest BCUT2D eigenvalue weighted by Crippen LogP contribution is 2.30. The SMILES string of the molecule is COc1ccc(C)cc1NC(=O)c1sc2ncn(CC(=O)N3CC(C)CC(C)C3)c(=O)c2c1C. The van der Waals surface area contributed by atoms with E-state index in [0.29, 0.717) is 57.0 Å². The van der Waals surface area contributed by atoms with E-state index in [-0.39, 0.29) is 23.9 Å². The Morgan fingerprint density at radius 3 is 2.59 bits per heavy atom. The lowest BCUT2D eigenvalue weighted by molar-refractivity contribution is -0.134. The molecule has 0 spiro atoms. The van der Waals surface area contributed by atoms with Crippen molar-refractivity contribution in [1.29, 1.82) is 0 Å². The number of likely N-dealkylation sites (tertiary alicyclic amines) is 1. The lowest BCUT2D eigenvalue weighted by atomic mass is 9.92. The smallest absolute Gasteiger partial charge is 0.266 e. The molecule has 1 aromatic carbocycles. The average Bonchev–Trinajstić information content (AvgIpc) is 3.12. The number of nitrogens with zero attached hydrogens (tertiary/aromatic N) is 3. The van der Waals surface area contributed by atoms with Gasteiger partial charge in [0.25, 0.3) is 11.5 Å². The van der Waals surface area contributed by atoms with Gasteiger partial charge in [0.15, 0.2) is 0 Å². The van der Waals surface area contributed by atoms with Crippen LogP contribution in [0.1, 0.15) is 41.1 Å². The van der Waals surface area contributed by atoms with Crippen LogP contribution in [-0.4, -0.2) is 46.5 Å². The Balaban J connectivity index is 1.60. The summed E-state index contributed by atoms with van der Waals surface area (Å²) in [4.78, 5) is 46.3. The Morgan fingerprint density at radius 1 is 1.21 bits per heavy atom. The summed E-state index contributed by atoms with van der Waals surface area (Å²) in [6.07, 6.45) is 2.51. The van der Waals surface area contributed by atoms with Crippen molar-refractivity contribution in [3.63, 3.8) is 0 Å². The first-order valence-corrected chi connectivity index (χ1v) is 12.2. The fourth-order valence-corrected chi connectivity index (χ4v) is 5.73. The Hall–Kier alpha value is -3.20. The Labute approximate surface area is 202 Å². The van der Waals surface area contributed by atoms with Gasteiger partial charge in [0.1, 0.15) is 17.1 Å². The predicted octanol–water partition coefficient (Wildman–Crippen LogP) is 3.84. The number of anilines is 1. The van der Waals surface area contributed by atoms with Crippen LogP contribution >= 0.6 is 11.3 Å². The van der Waals surface area contributed by atoms with Crippen LogP contribution in [-0.2, 0) is 11.3 Å². The van der Waals surface area contributed by atoms with E-state index in [2.05, 4.69) is 24.1 Å². The maximum atomic E-state index is 13.2. The van der Waals surface area contributed by atoms with E-state index in [0.717, 1.165) is 12.0 Å². The highest BCUT2D eigenvalue weighted by Gasteiger charge is 2.26. The molecule has 3 heterocycles. The zero-order chi connectivity index (χ0) is 24.6. The van der Waals surface area contributed by atoms with Crippen molar-refractivity contribution in [3.8, 4) is 5.75 Å². The molecule has 2 amide bonds. The number of hydrogen-bond acceptors (Lipinski definition) is 6. The van der Waals surface area contributed by atoms with Gasteiger partial charge in [-0.3, -0.25) is 19.0 Å². The Bertz CT molecular complexity index is 1300. The standard InChI is InChI=1S/C25H30N4O4S/c1-14-6-7-19(33-5)18(9-14)27-23(31)22-17(4)21-24(34-22)26-13-29(25(21)32)12-20(30)28-10-15(2)8-16(3)11-28/h6-7,9,13,15-16H,8,10-12H2,1-5H3,(H,27,31). The summed E-state index contributed by atoms with van der Waals surface area (Å²) in [5, 5.41) is 3.26.